The smallest absolute Gasteiger partial charge is 0.167 e. The number of hydrogen-bond acceptors (Lipinski definition) is 7. The topological polar surface area (TPSA) is 97.6 Å². The zero-order valence-corrected chi connectivity index (χ0v) is 20.8. The average Bonchev–Trinajstić information content (AvgIpc) is 2.89. The second-order valence-corrected chi connectivity index (χ2v) is 8.68. The number of phenolic OH excluding ortho intramolecular Hbond substituents is 1. The molecule has 1 heterocycles. The molecule has 188 valence electrons. The van der Waals surface area contributed by atoms with E-state index in [4.69, 9.17) is 9.47 Å². The number of aliphatic hydroxyl groups is 1. The van der Waals surface area contributed by atoms with Crippen LogP contribution in [0, 0.1) is 0 Å². The van der Waals surface area contributed by atoms with E-state index in [1.807, 2.05) is 36.4 Å². The Balaban J connectivity index is 1.80. The zero-order valence-electron chi connectivity index (χ0n) is 20.8. The van der Waals surface area contributed by atoms with E-state index in [2.05, 4.69) is 28.8 Å². The Kier molecular flexibility index (Phi) is 10.9. The number of hydrogen-bond donors (Lipinski definition) is 2. The molecule has 1 unspecified atom stereocenters. The van der Waals surface area contributed by atoms with Gasteiger partial charge in [0, 0.05) is 18.2 Å². The molecule has 1 atom stereocenters. The van der Waals surface area contributed by atoms with Crippen LogP contribution in [0.2, 0.25) is 0 Å². The van der Waals surface area contributed by atoms with Gasteiger partial charge in [-0.3, -0.25) is 0 Å². The minimum atomic E-state index is -0.737. The van der Waals surface area contributed by atoms with Crippen molar-refractivity contribution in [3.8, 4) is 34.3 Å². The van der Waals surface area contributed by atoms with Gasteiger partial charge in [0.05, 0.1) is 12.2 Å². The fourth-order valence-electron chi connectivity index (χ4n) is 3.72. The molecule has 3 rings (SSSR count). The molecule has 7 heteroatoms. The number of aromatic hydroxyl groups is 1. The summed E-state index contributed by atoms with van der Waals surface area (Å²) in [5.74, 6) is 1.54. The van der Waals surface area contributed by atoms with Crippen LogP contribution < -0.4 is 4.74 Å². The zero-order chi connectivity index (χ0) is 24.9. The van der Waals surface area contributed by atoms with Crippen LogP contribution in [0.5, 0.6) is 11.5 Å². The third-order valence-electron chi connectivity index (χ3n) is 5.71. The molecule has 35 heavy (non-hydrogen) atoms. The third-order valence-corrected chi connectivity index (χ3v) is 5.71. The van der Waals surface area contributed by atoms with Crippen LogP contribution in [0.4, 0.5) is 0 Å². The predicted octanol–water partition coefficient (Wildman–Crippen LogP) is 5.59. The highest BCUT2D eigenvalue weighted by molar-refractivity contribution is 5.68. The molecule has 0 radical (unpaired) electrons. The van der Waals surface area contributed by atoms with Crippen molar-refractivity contribution in [2.45, 2.75) is 64.9 Å². The number of benzene rings is 2. The van der Waals surface area contributed by atoms with E-state index in [1.54, 1.807) is 6.07 Å². The number of phenols is 1. The van der Waals surface area contributed by atoms with E-state index in [-0.39, 0.29) is 19.0 Å². The average molecular weight is 480 g/mol. The minimum absolute atomic E-state index is 0.0243. The Labute approximate surface area is 208 Å². The maximum atomic E-state index is 10.8. The number of nitrogens with zero attached hydrogens (tertiary/aromatic N) is 3. The van der Waals surface area contributed by atoms with Crippen LogP contribution in [0.25, 0.3) is 22.8 Å². The number of aryl methyl sites for hydroxylation is 1. The first-order valence-electron chi connectivity index (χ1n) is 12.6. The van der Waals surface area contributed by atoms with Crippen molar-refractivity contribution >= 4 is 0 Å². The van der Waals surface area contributed by atoms with Crippen molar-refractivity contribution in [2.24, 2.45) is 0 Å². The van der Waals surface area contributed by atoms with Gasteiger partial charge in [-0.1, -0.05) is 69.9 Å². The van der Waals surface area contributed by atoms with Crippen LogP contribution in [-0.4, -0.2) is 51.1 Å². The molecule has 2 aromatic carbocycles. The van der Waals surface area contributed by atoms with Gasteiger partial charge in [-0.2, -0.15) is 0 Å². The van der Waals surface area contributed by atoms with Crippen molar-refractivity contribution in [2.75, 3.05) is 19.8 Å². The van der Waals surface area contributed by atoms with Crippen molar-refractivity contribution in [3.05, 3.63) is 54.4 Å². The Bertz CT molecular complexity index is 1030. The van der Waals surface area contributed by atoms with Crippen molar-refractivity contribution in [1.29, 1.82) is 0 Å². The van der Waals surface area contributed by atoms with Crippen molar-refractivity contribution in [3.63, 3.8) is 0 Å². The molecule has 3 aromatic rings. The standard InChI is InChI=1S/C28H37N3O4/c1-3-5-7-9-14-22-16-24(28-30-20-29-27(31-28)21-12-10-8-11-13-21)25(33)17-26(22)35-19-23(32)18-34-15-6-4-2/h8,10-13,16-17,20,23,32-33H,3-7,9,14-15,18-19H2,1-2H3. The quantitative estimate of drug-likeness (QED) is 0.274. The molecule has 7 nitrogen and oxygen atoms in total. The summed E-state index contributed by atoms with van der Waals surface area (Å²) in [5.41, 5.74) is 2.37. The van der Waals surface area contributed by atoms with Crippen molar-refractivity contribution < 1.29 is 19.7 Å². The summed E-state index contributed by atoms with van der Waals surface area (Å²) in [7, 11) is 0. The second kappa shape index (κ2) is 14.4. The molecule has 0 bridgehead atoms. The van der Waals surface area contributed by atoms with E-state index in [0.29, 0.717) is 29.6 Å². The molecule has 0 aliphatic carbocycles. The maximum Gasteiger partial charge on any atom is 0.167 e. The summed E-state index contributed by atoms with van der Waals surface area (Å²) in [5, 5.41) is 21.1. The molecule has 0 saturated heterocycles. The van der Waals surface area contributed by atoms with Gasteiger partial charge < -0.3 is 19.7 Å². The summed E-state index contributed by atoms with van der Waals surface area (Å²) < 4.78 is 11.4. The van der Waals surface area contributed by atoms with Gasteiger partial charge >= 0.3 is 0 Å². The van der Waals surface area contributed by atoms with Gasteiger partial charge in [-0.15, -0.1) is 0 Å². The maximum absolute atomic E-state index is 10.8. The summed E-state index contributed by atoms with van der Waals surface area (Å²) in [6.45, 7) is 5.23. The normalized spacial score (nSPS) is 12.0. The number of aromatic nitrogens is 3. The lowest BCUT2D eigenvalue weighted by molar-refractivity contribution is 0.0111. The summed E-state index contributed by atoms with van der Waals surface area (Å²) >= 11 is 0. The Morgan fingerprint density at radius 2 is 1.66 bits per heavy atom. The Morgan fingerprint density at radius 1 is 0.886 bits per heavy atom. The minimum Gasteiger partial charge on any atom is -0.507 e. The fraction of sp³-hybridized carbons (Fsp3) is 0.464. The van der Waals surface area contributed by atoms with E-state index in [9.17, 15) is 10.2 Å². The second-order valence-electron chi connectivity index (χ2n) is 8.68. The molecule has 2 N–H and O–H groups in total. The van der Waals surface area contributed by atoms with Gasteiger partial charge in [0.2, 0.25) is 0 Å². The van der Waals surface area contributed by atoms with Gasteiger partial charge in [0.25, 0.3) is 0 Å². The number of ether oxygens (including phenoxy) is 2. The lowest BCUT2D eigenvalue weighted by Gasteiger charge is -2.17. The number of aliphatic hydroxyl groups excluding tert-OH is 1. The molecule has 0 aliphatic rings. The van der Waals surface area contributed by atoms with Crippen LogP contribution in [0.1, 0.15) is 57.9 Å². The van der Waals surface area contributed by atoms with E-state index < -0.39 is 6.10 Å². The Morgan fingerprint density at radius 3 is 2.43 bits per heavy atom. The Hall–Kier alpha value is -3.03. The summed E-state index contributed by atoms with van der Waals surface area (Å²) in [4.78, 5) is 13.2. The molecule has 0 spiro atoms. The summed E-state index contributed by atoms with van der Waals surface area (Å²) in [6.07, 6.45) is 7.98. The largest absolute Gasteiger partial charge is 0.507 e. The molecule has 0 fully saturated rings. The molecule has 0 saturated carbocycles. The first-order chi connectivity index (χ1) is 17.1. The first kappa shape index (κ1) is 26.6. The number of unbranched alkanes of at least 4 members (excludes halogenated alkanes) is 4. The van der Waals surface area contributed by atoms with E-state index in [0.717, 1.165) is 49.7 Å². The highest BCUT2D eigenvalue weighted by atomic mass is 16.5. The van der Waals surface area contributed by atoms with Crippen LogP contribution in [0.15, 0.2) is 48.8 Å². The molecular weight excluding hydrogens is 442 g/mol. The van der Waals surface area contributed by atoms with Gasteiger partial charge in [0.15, 0.2) is 11.6 Å². The van der Waals surface area contributed by atoms with Crippen molar-refractivity contribution in [1.82, 2.24) is 15.0 Å². The SMILES string of the molecule is CCCCCCc1cc(-c2ncnc(-c3ccccc3)n2)c(O)cc1OCC(O)COCCCC. The van der Waals surface area contributed by atoms with E-state index in [1.165, 1.54) is 12.7 Å². The first-order valence-corrected chi connectivity index (χ1v) is 12.6. The molecule has 0 amide bonds. The van der Waals surface area contributed by atoms with Crippen LogP contribution in [0.3, 0.4) is 0 Å². The molecule has 0 aliphatic heterocycles. The molecular formula is C28H37N3O4. The lowest BCUT2D eigenvalue weighted by atomic mass is 10.0. The monoisotopic (exact) mass is 479 g/mol. The fourth-order valence-corrected chi connectivity index (χ4v) is 3.72. The molecule has 1 aromatic heterocycles. The number of rotatable bonds is 15. The van der Waals surface area contributed by atoms with Gasteiger partial charge in [-0.25, -0.2) is 15.0 Å². The lowest BCUT2D eigenvalue weighted by Crippen LogP contribution is -2.24. The highest BCUT2D eigenvalue weighted by Gasteiger charge is 2.16. The highest BCUT2D eigenvalue weighted by Crippen LogP contribution is 2.35. The van der Waals surface area contributed by atoms with Gasteiger partial charge in [-0.05, 0) is 30.9 Å². The summed E-state index contributed by atoms with van der Waals surface area (Å²) in [6, 6.07) is 13.2. The van der Waals surface area contributed by atoms with Crippen LogP contribution in [-0.2, 0) is 11.2 Å². The van der Waals surface area contributed by atoms with E-state index >= 15 is 0 Å². The van der Waals surface area contributed by atoms with Gasteiger partial charge in [0.1, 0.15) is 30.5 Å². The van der Waals surface area contributed by atoms with Crippen LogP contribution >= 0.6 is 0 Å². The third kappa shape index (κ3) is 8.30. The predicted molar refractivity (Wildman–Crippen MR) is 137 cm³/mol.